The Morgan fingerprint density at radius 2 is 2.04 bits per heavy atom. The van der Waals surface area contributed by atoms with Crippen LogP contribution in [0.15, 0.2) is 18.6 Å². The highest BCUT2D eigenvalue weighted by atomic mass is 32.2. The molecule has 9 heteroatoms. The molecular weight excluding hydrogens is 394 g/mol. The number of hydrogen-bond acceptors (Lipinski definition) is 7. The third-order valence-corrected chi connectivity index (χ3v) is 7.71. The molecule has 148 valence electrons. The van der Waals surface area contributed by atoms with E-state index in [9.17, 15) is 9.59 Å². The minimum Gasteiger partial charge on any atom is -0.341 e. The Hall–Kier alpha value is -2.00. The van der Waals surface area contributed by atoms with Crippen LogP contribution in [0.4, 0.5) is 0 Å². The number of likely N-dealkylation sites (tertiary alicyclic amines) is 1. The van der Waals surface area contributed by atoms with E-state index in [0.29, 0.717) is 17.5 Å². The van der Waals surface area contributed by atoms with Gasteiger partial charge in [0.25, 0.3) is 0 Å². The molecule has 0 bridgehead atoms. The number of nitrogens with zero attached hydrogens (tertiary/aromatic N) is 5. The molecular formula is C19H23N5O2S2. The van der Waals surface area contributed by atoms with Crippen LogP contribution in [-0.4, -0.2) is 67.3 Å². The van der Waals surface area contributed by atoms with Crippen molar-refractivity contribution in [2.45, 2.75) is 38.6 Å². The lowest BCUT2D eigenvalue weighted by atomic mass is 9.97. The number of amides is 2. The molecule has 1 atom stereocenters. The lowest BCUT2D eigenvalue weighted by Gasteiger charge is -2.34. The number of rotatable bonds is 3. The molecule has 0 aliphatic carbocycles. The number of carbonyl (C=O) groups is 2. The minimum absolute atomic E-state index is 0.0197. The first-order valence-corrected chi connectivity index (χ1v) is 11.4. The van der Waals surface area contributed by atoms with Crippen molar-refractivity contribution in [2.75, 3.05) is 24.7 Å². The van der Waals surface area contributed by atoms with E-state index in [1.165, 1.54) is 0 Å². The highest BCUT2D eigenvalue weighted by Gasteiger charge is 2.37. The Bertz CT molecular complexity index is 864. The van der Waals surface area contributed by atoms with E-state index in [1.54, 1.807) is 47.4 Å². The summed E-state index contributed by atoms with van der Waals surface area (Å²) in [5.74, 6) is 1.76. The largest absolute Gasteiger partial charge is 0.341 e. The summed E-state index contributed by atoms with van der Waals surface area (Å²) in [6, 6.07) is 1.61. The van der Waals surface area contributed by atoms with Crippen molar-refractivity contribution in [3.63, 3.8) is 0 Å². The molecule has 1 unspecified atom stereocenters. The van der Waals surface area contributed by atoms with Gasteiger partial charge in [0.1, 0.15) is 12.4 Å². The van der Waals surface area contributed by atoms with E-state index in [2.05, 4.69) is 9.97 Å². The monoisotopic (exact) mass is 417 g/mol. The van der Waals surface area contributed by atoms with E-state index in [-0.39, 0.29) is 17.9 Å². The van der Waals surface area contributed by atoms with Crippen molar-refractivity contribution < 1.29 is 9.59 Å². The van der Waals surface area contributed by atoms with Crippen LogP contribution in [0.25, 0.3) is 10.6 Å². The molecule has 0 saturated carbocycles. The highest BCUT2D eigenvalue weighted by Crippen LogP contribution is 2.36. The minimum atomic E-state index is -0.300. The quantitative estimate of drug-likeness (QED) is 0.764. The molecule has 2 amide bonds. The number of thiazole rings is 1. The lowest BCUT2D eigenvalue weighted by Crippen LogP contribution is -2.50. The van der Waals surface area contributed by atoms with Gasteiger partial charge in [0, 0.05) is 37.9 Å². The topological polar surface area (TPSA) is 79.3 Å². The van der Waals surface area contributed by atoms with E-state index in [0.717, 1.165) is 47.2 Å². The van der Waals surface area contributed by atoms with Crippen LogP contribution in [-0.2, 0) is 9.59 Å². The van der Waals surface area contributed by atoms with Crippen LogP contribution >= 0.6 is 23.1 Å². The van der Waals surface area contributed by atoms with Gasteiger partial charge in [-0.05, 0) is 25.8 Å². The van der Waals surface area contributed by atoms with Gasteiger partial charge in [-0.2, -0.15) is 0 Å². The Morgan fingerprint density at radius 1 is 1.25 bits per heavy atom. The van der Waals surface area contributed by atoms with Crippen LogP contribution < -0.4 is 0 Å². The number of piperidine rings is 1. The van der Waals surface area contributed by atoms with Crippen LogP contribution in [0.3, 0.4) is 0 Å². The van der Waals surface area contributed by atoms with Crippen LogP contribution in [0.5, 0.6) is 0 Å². The predicted octanol–water partition coefficient (Wildman–Crippen LogP) is 2.54. The maximum Gasteiger partial charge on any atom is 0.246 e. The molecule has 0 radical (unpaired) electrons. The summed E-state index contributed by atoms with van der Waals surface area (Å²) in [4.78, 5) is 42.5. The summed E-state index contributed by atoms with van der Waals surface area (Å²) in [7, 11) is 0. The molecule has 4 rings (SSSR count). The molecule has 7 nitrogen and oxygen atoms in total. The zero-order valence-corrected chi connectivity index (χ0v) is 17.6. The first-order valence-electron chi connectivity index (χ1n) is 9.42. The molecule has 0 spiro atoms. The Kier molecular flexibility index (Phi) is 5.63. The molecule has 2 aromatic heterocycles. The van der Waals surface area contributed by atoms with Crippen LogP contribution in [0, 0.1) is 6.92 Å². The second kappa shape index (κ2) is 8.16. The van der Waals surface area contributed by atoms with Gasteiger partial charge < -0.3 is 9.80 Å². The SMILES string of the molecule is CC(=O)N1CSCC1C(=O)N1CCC(c2nc(C)c(-c3ccncn3)s2)CC1. The van der Waals surface area contributed by atoms with Gasteiger partial charge in [-0.25, -0.2) is 15.0 Å². The fraction of sp³-hybridized carbons (Fsp3) is 0.526. The van der Waals surface area contributed by atoms with Gasteiger partial charge in [0.05, 0.1) is 27.1 Å². The normalized spacial score (nSPS) is 20.6. The van der Waals surface area contributed by atoms with E-state index < -0.39 is 0 Å². The zero-order chi connectivity index (χ0) is 19.7. The Balaban J connectivity index is 1.41. The molecule has 2 aromatic rings. The van der Waals surface area contributed by atoms with Gasteiger partial charge in [-0.1, -0.05) is 0 Å². The summed E-state index contributed by atoms with van der Waals surface area (Å²) in [5, 5.41) is 1.12. The number of carbonyl (C=O) groups excluding carboxylic acids is 2. The summed E-state index contributed by atoms with van der Waals surface area (Å²) < 4.78 is 0. The second-order valence-corrected chi connectivity index (χ2v) is 9.20. The first kappa shape index (κ1) is 19.3. The molecule has 2 saturated heterocycles. The van der Waals surface area contributed by atoms with Crippen molar-refractivity contribution in [1.29, 1.82) is 0 Å². The summed E-state index contributed by atoms with van der Waals surface area (Å²) in [6.07, 6.45) is 5.12. The first-order chi connectivity index (χ1) is 13.5. The maximum absolute atomic E-state index is 12.9. The molecule has 0 aromatic carbocycles. The van der Waals surface area contributed by atoms with Gasteiger partial charge in [-0.3, -0.25) is 9.59 Å². The van der Waals surface area contributed by atoms with Gasteiger partial charge >= 0.3 is 0 Å². The second-order valence-electron chi connectivity index (χ2n) is 7.17. The maximum atomic E-state index is 12.9. The smallest absolute Gasteiger partial charge is 0.246 e. The summed E-state index contributed by atoms with van der Waals surface area (Å²) in [5.41, 5.74) is 1.91. The Morgan fingerprint density at radius 3 is 2.71 bits per heavy atom. The summed E-state index contributed by atoms with van der Waals surface area (Å²) in [6.45, 7) is 5.00. The Labute approximate surface area is 172 Å². The van der Waals surface area contributed by atoms with Crippen molar-refractivity contribution in [2.24, 2.45) is 0 Å². The number of thioether (sulfide) groups is 1. The number of aryl methyl sites for hydroxylation is 1. The lowest BCUT2D eigenvalue weighted by molar-refractivity contribution is -0.143. The predicted molar refractivity (Wildman–Crippen MR) is 110 cm³/mol. The van der Waals surface area contributed by atoms with Gasteiger partial charge in [0.15, 0.2) is 0 Å². The zero-order valence-electron chi connectivity index (χ0n) is 16.0. The third-order valence-electron chi connectivity index (χ3n) is 5.36. The average molecular weight is 418 g/mol. The average Bonchev–Trinajstić information content (AvgIpc) is 3.35. The molecule has 0 N–H and O–H groups in total. The van der Waals surface area contributed by atoms with E-state index in [1.807, 2.05) is 17.9 Å². The van der Waals surface area contributed by atoms with Gasteiger partial charge in [-0.15, -0.1) is 23.1 Å². The van der Waals surface area contributed by atoms with E-state index >= 15 is 0 Å². The third kappa shape index (κ3) is 3.77. The molecule has 28 heavy (non-hydrogen) atoms. The number of hydrogen-bond donors (Lipinski definition) is 0. The fourth-order valence-corrected chi connectivity index (χ4v) is 6.19. The number of aromatic nitrogens is 3. The van der Waals surface area contributed by atoms with Crippen molar-refractivity contribution in [3.8, 4) is 10.6 Å². The molecule has 4 heterocycles. The van der Waals surface area contributed by atoms with Crippen LogP contribution in [0.2, 0.25) is 0 Å². The fourth-order valence-electron chi connectivity index (χ4n) is 3.77. The summed E-state index contributed by atoms with van der Waals surface area (Å²) >= 11 is 3.35. The molecule has 2 aliphatic rings. The molecule has 2 fully saturated rings. The van der Waals surface area contributed by atoms with Gasteiger partial charge in [0.2, 0.25) is 11.8 Å². The van der Waals surface area contributed by atoms with E-state index in [4.69, 9.17) is 4.98 Å². The van der Waals surface area contributed by atoms with Crippen LogP contribution in [0.1, 0.15) is 36.4 Å². The van der Waals surface area contributed by atoms with Crippen molar-refractivity contribution in [1.82, 2.24) is 24.8 Å². The van der Waals surface area contributed by atoms with Crippen molar-refractivity contribution >= 4 is 34.9 Å². The highest BCUT2D eigenvalue weighted by molar-refractivity contribution is 7.99. The van der Waals surface area contributed by atoms with Crippen molar-refractivity contribution in [3.05, 3.63) is 29.3 Å². The standard InChI is InChI=1S/C19H23N5O2S2/c1-12-17(15-3-6-20-10-21-15)28-18(22-12)14-4-7-23(8-5-14)19(26)16-9-27-11-24(16)13(2)25/h3,6,10,14,16H,4-5,7-9,11H2,1-2H3. The molecule has 2 aliphatic heterocycles.